The lowest BCUT2D eigenvalue weighted by Gasteiger charge is -2.37. The molecule has 0 radical (unpaired) electrons. The molecule has 0 aromatic carbocycles. The van der Waals surface area contributed by atoms with Crippen LogP contribution in [-0.4, -0.2) is 85.0 Å². The number of piperazine rings is 1. The molecule has 6 heteroatoms. The zero-order chi connectivity index (χ0) is 15.2. The van der Waals surface area contributed by atoms with Gasteiger partial charge in [0.15, 0.2) is 0 Å². The molecular weight excluding hydrogens is 270 g/mol. The Morgan fingerprint density at radius 3 is 2.24 bits per heavy atom. The summed E-state index contributed by atoms with van der Waals surface area (Å²) in [4.78, 5) is 30.2. The van der Waals surface area contributed by atoms with Gasteiger partial charge in [0.05, 0.1) is 13.2 Å². The Bertz CT molecular complexity index is 361. The summed E-state index contributed by atoms with van der Waals surface area (Å²) >= 11 is 0. The molecule has 2 saturated heterocycles. The second-order valence-electron chi connectivity index (χ2n) is 5.83. The van der Waals surface area contributed by atoms with Crippen LogP contribution in [0.25, 0.3) is 0 Å². The van der Waals surface area contributed by atoms with Crippen molar-refractivity contribution in [1.29, 1.82) is 0 Å². The molecule has 0 bridgehead atoms. The molecule has 0 saturated carbocycles. The van der Waals surface area contributed by atoms with Crippen molar-refractivity contribution in [1.82, 2.24) is 14.7 Å². The highest BCUT2D eigenvalue weighted by atomic mass is 16.5. The first kappa shape index (κ1) is 16.2. The quantitative estimate of drug-likeness (QED) is 0.678. The van der Waals surface area contributed by atoms with Crippen LogP contribution >= 0.6 is 0 Å². The van der Waals surface area contributed by atoms with Gasteiger partial charge in [-0.3, -0.25) is 19.4 Å². The maximum absolute atomic E-state index is 12.2. The number of rotatable bonds is 5. The predicted molar refractivity (Wildman–Crippen MR) is 79.9 cm³/mol. The SMILES string of the molecule is CCOC(=O)C(C)N1CCN(C(=O)CN2CCCC2)CC1. The lowest BCUT2D eigenvalue weighted by Crippen LogP contribution is -2.54. The molecule has 1 atom stereocenters. The smallest absolute Gasteiger partial charge is 0.323 e. The van der Waals surface area contributed by atoms with Gasteiger partial charge in [-0.25, -0.2) is 0 Å². The fourth-order valence-corrected chi connectivity index (χ4v) is 3.00. The van der Waals surface area contributed by atoms with Crippen molar-refractivity contribution in [3.05, 3.63) is 0 Å². The summed E-state index contributed by atoms with van der Waals surface area (Å²) in [6, 6.07) is -0.221. The molecule has 0 spiro atoms. The summed E-state index contributed by atoms with van der Waals surface area (Å²) in [5.41, 5.74) is 0. The van der Waals surface area contributed by atoms with Gasteiger partial charge in [-0.15, -0.1) is 0 Å². The number of hydrogen-bond donors (Lipinski definition) is 0. The van der Waals surface area contributed by atoms with Gasteiger partial charge < -0.3 is 9.64 Å². The van der Waals surface area contributed by atoms with Crippen LogP contribution in [0, 0.1) is 0 Å². The first-order valence-electron chi connectivity index (χ1n) is 8.02. The number of likely N-dealkylation sites (tertiary alicyclic amines) is 1. The van der Waals surface area contributed by atoms with Crippen LogP contribution in [0.3, 0.4) is 0 Å². The van der Waals surface area contributed by atoms with Gasteiger partial charge in [0.25, 0.3) is 0 Å². The highest BCUT2D eigenvalue weighted by Gasteiger charge is 2.28. The van der Waals surface area contributed by atoms with Crippen LogP contribution < -0.4 is 0 Å². The van der Waals surface area contributed by atoms with Gasteiger partial charge in [0.1, 0.15) is 6.04 Å². The lowest BCUT2D eigenvalue weighted by molar-refractivity contribution is -0.150. The normalized spacial score (nSPS) is 22.3. The third-order valence-electron chi connectivity index (χ3n) is 4.40. The molecule has 6 nitrogen and oxygen atoms in total. The minimum atomic E-state index is -0.221. The van der Waals surface area contributed by atoms with Crippen molar-refractivity contribution < 1.29 is 14.3 Å². The van der Waals surface area contributed by atoms with E-state index in [4.69, 9.17) is 4.74 Å². The molecule has 2 fully saturated rings. The molecule has 2 heterocycles. The van der Waals surface area contributed by atoms with E-state index in [2.05, 4.69) is 9.80 Å². The van der Waals surface area contributed by atoms with Gasteiger partial charge in [0, 0.05) is 26.2 Å². The summed E-state index contributed by atoms with van der Waals surface area (Å²) in [6.45, 7) is 9.64. The van der Waals surface area contributed by atoms with Gasteiger partial charge in [0.2, 0.25) is 5.91 Å². The lowest BCUT2D eigenvalue weighted by atomic mass is 10.2. The highest BCUT2D eigenvalue weighted by Crippen LogP contribution is 2.11. The molecule has 2 aliphatic heterocycles. The number of amides is 1. The third-order valence-corrected chi connectivity index (χ3v) is 4.40. The maximum Gasteiger partial charge on any atom is 0.323 e. The molecule has 21 heavy (non-hydrogen) atoms. The van der Waals surface area contributed by atoms with Crippen LogP contribution in [-0.2, 0) is 14.3 Å². The molecule has 0 aliphatic carbocycles. The first-order valence-corrected chi connectivity index (χ1v) is 8.02. The molecule has 2 aliphatic rings. The Balaban J connectivity index is 1.74. The Morgan fingerprint density at radius 1 is 1.05 bits per heavy atom. The van der Waals surface area contributed by atoms with E-state index in [9.17, 15) is 9.59 Å². The minimum Gasteiger partial charge on any atom is -0.465 e. The van der Waals surface area contributed by atoms with Crippen molar-refractivity contribution in [2.24, 2.45) is 0 Å². The van der Waals surface area contributed by atoms with E-state index in [0.717, 1.165) is 26.2 Å². The summed E-state index contributed by atoms with van der Waals surface area (Å²) < 4.78 is 5.05. The van der Waals surface area contributed by atoms with E-state index in [1.165, 1.54) is 12.8 Å². The van der Waals surface area contributed by atoms with Crippen molar-refractivity contribution in [3.8, 4) is 0 Å². The number of ether oxygens (including phenoxy) is 1. The summed E-state index contributed by atoms with van der Waals surface area (Å²) in [5.74, 6) is 0.0506. The first-order chi connectivity index (χ1) is 10.1. The Kier molecular flexibility index (Phi) is 5.99. The Labute approximate surface area is 127 Å². The molecule has 2 rings (SSSR count). The molecule has 1 amide bonds. The second kappa shape index (κ2) is 7.75. The monoisotopic (exact) mass is 297 g/mol. The van der Waals surface area contributed by atoms with E-state index in [1.54, 1.807) is 0 Å². The van der Waals surface area contributed by atoms with Crippen LogP contribution in [0.5, 0.6) is 0 Å². The van der Waals surface area contributed by atoms with Gasteiger partial charge in [-0.1, -0.05) is 0 Å². The van der Waals surface area contributed by atoms with Crippen molar-refractivity contribution in [2.75, 3.05) is 52.4 Å². The molecule has 0 N–H and O–H groups in total. The molecule has 0 aromatic heterocycles. The van der Waals surface area contributed by atoms with E-state index in [1.807, 2.05) is 18.7 Å². The zero-order valence-corrected chi connectivity index (χ0v) is 13.2. The topological polar surface area (TPSA) is 53.1 Å². The third kappa shape index (κ3) is 4.41. The van der Waals surface area contributed by atoms with Crippen LogP contribution in [0.15, 0.2) is 0 Å². The van der Waals surface area contributed by atoms with Gasteiger partial charge >= 0.3 is 5.97 Å². The highest BCUT2D eigenvalue weighted by molar-refractivity contribution is 5.78. The van der Waals surface area contributed by atoms with E-state index in [0.29, 0.717) is 26.2 Å². The minimum absolute atomic E-state index is 0.172. The summed E-state index contributed by atoms with van der Waals surface area (Å²) in [6.07, 6.45) is 2.41. The van der Waals surface area contributed by atoms with Crippen LogP contribution in [0.2, 0.25) is 0 Å². The summed E-state index contributed by atoms with van der Waals surface area (Å²) in [7, 11) is 0. The number of carbonyl (C=O) groups is 2. The number of esters is 1. The van der Waals surface area contributed by atoms with E-state index in [-0.39, 0.29) is 17.9 Å². The zero-order valence-electron chi connectivity index (χ0n) is 13.2. The standard InChI is InChI=1S/C15H27N3O3/c1-3-21-15(20)13(2)17-8-10-18(11-9-17)14(19)12-16-6-4-5-7-16/h13H,3-12H2,1-2H3. The fourth-order valence-electron chi connectivity index (χ4n) is 3.00. The largest absolute Gasteiger partial charge is 0.465 e. The van der Waals surface area contributed by atoms with Crippen molar-refractivity contribution in [3.63, 3.8) is 0 Å². The van der Waals surface area contributed by atoms with Gasteiger partial charge in [-0.05, 0) is 39.8 Å². The fraction of sp³-hybridized carbons (Fsp3) is 0.867. The molecule has 1 unspecified atom stereocenters. The number of hydrogen-bond acceptors (Lipinski definition) is 5. The van der Waals surface area contributed by atoms with Crippen LogP contribution in [0.1, 0.15) is 26.7 Å². The van der Waals surface area contributed by atoms with E-state index < -0.39 is 0 Å². The van der Waals surface area contributed by atoms with Crippen LogP contribution in [0.4, 0.5) is 0 Å². The molecule has 0 aromatic rings. The maximum atomic E-state index is 12.2. The number of nitrogens with zero attached hydrogens (tertiary/aromatic N) is 3. The molecular formula is C15H27N3O3. The Morgan fingerprint density at radius 2 is 1.67 bits per heavy atom. The average Bonchev–Trinajstić information content (AvgIpc) is 3.00. The second-order valence-corrected chi connectivity index (χ2v) is 5.83. The van der Waals surface area contributed by atoms with Gasteiger partial charge in [-0.2, -0.15) is 0 Å². The summed E-state index contributed by atoms with van der Waals surface area (Å²) in [5, 5.41) is 0. The predicted octanol–water partition coefficient (Wildman–Crippen LogP) is 0.178. The molecule has 120 valence electrons. The Hall–Kier alpha value is -1.14. The van der Waals surface area contributed by atoms with Crippen molar-refractivity contribution in [2.45, 2.75) is 32.7 Å². The van der Waals surface area contributed by atoms with Crippen molar-refractivity contribution >= 4 is 11.9 Å². The average molecular weight is 297 g/mol. The number of carbonyl (C=O) groups excluding carboxylic acids is 2. The van der Waals surface area contributed by atoms with E-state index >= 15 is 0 Å².